The number of unbranched alkanes of at least 4 members (excludes halogenated alkanes) is 7. The largest absolute Gasteiger partial charge is 1.00 e. The van der Waals surface area contributed by atoms with Crippen molar-refractivity contribution >= 4 is 22.1 Å². The SMILES string of the molecule is CCCCCCCCCCOC(=O)c1ccccc1C(=O)OC(C)S(=O)(=O)[O-].[Na+]. The summed E-state index contributed by atoms with van der Waals surface area (Å²) < 4.78 is 42.5. The molecule has 0 amide bonds. The van der Waals surface area contributed by atoms with Gasteiger partial charge in [-0.2, -0.15) is 0 Å². The van der Waals surface area contributed by atoms with Crippen LogP contribution in [-0.4, -0.2) is 37.0 Å². The van der Waals surface area contributed by atoms with Crippen molar-refractivity contribution in [2.45, 2.75) is 70.7 Å². The third-order valence-corrected chi connectivity index (χ3v) is 5.19. The minimum Gasteiger partial charge on any atom is -0.745 e. The number of ether oxygens (including phenoxy) is 2. The van der Waals surface area contributed by atoms with Gasteiger partial charge in [-0.05, 0) is 25.5 Å². The van der Waals surface area contributed by atoms with Crippen molar-refractivity contribution in [2.75, 3.05) is 6.61 Å². The fourth-order valence-electron chi connectivity index (χ4n) is 2.59. The van der Waals surface area contributed by atoms with Crippen molar-refractivity contribution in [3.05, 3.63) is 35.4 Å². The van der Waals surface area contributed by atoms with Gasteiger partial charge in [0.1, 0.15) is 10.1 Å². The second-order valence-electron chi connectivity index (χ2n) is 6.62. The van der Waals surface area contributed by atoms with Crippen LogP contribution < -0.4 is 29.6 Å². The summed E-state index contributed by atoms with van der Waals surface area (Å²) in [4.78, 5) is 24.4. The summed E-state index contributed by atoms with van der Waals surface area (Å²) in [6, 6.07) is 5.77. The number of esters is 2. The Kier molecular flexibility index (Phi) is 14.5. The number of hydrogen-bond acceptors (Lipinski definition) is 7. The van der Waals surface area contributed by atoms with Gasteiger partial charge in [0.25, 0.3) is 0 Å². The van der Waals surface area contributed by atoms with Crippen LogP contribution in [0.1, 0.15) is 85.9 Å². The number of rotatable bonds is 13. The number of hydrogen-bond donors (Lipinski definition) is 0. The van der Waals surface area contributed by atoms with E-state index in [2.05, 4.69) is 11.7 Å². The van der Waals surface area contributed by atoms with Crippen molar-refractivity contribution in [1.29, 1.82) is 0 Å². The van der Waals surface area contributed by atoms with Crippen LogP contribution in [-0.2, 0) is 19.6 Å². The first kappa shape index (κ1) is 28.1. The predicted molar refractivity (Wildman–Crippen MR) is 104 cm³/mol. The van der Waals surface area contributed by atoms with Gasteiger partial charge in [0.05, 0.1) is 17.7 Å². The third kappa shape index (κ3) is 11.1. The summed E-state index contributed by atoms with van der Waals surface area (Å²) in [5.74, 6) is -1.75. The smallest absolute Gasteiger partial charge is 0.745 e. The second-order valence-corrected chi connectivity index (χ2v) is 8.27. The van der Waals surface area contributed by atoms with Gasteiger partial charge in [0.2, 0.25) is 0 Å². The zero-order valence-electron chi connectivity index (χ0n) is 17.5. The summed E-state index contributed by atoms with van der Waals surface area (Å²) in [5.41, 5.74) is -2.01. The van der Waals surface area contributed by atoms with Crippen LogP contribution >= 0.6 is 0 Å². The Bertz CT molecular complexity index is 734. The zero-order valence-corrected chi connectivity index (χ0v) is 20.3. The first-order valence-corrected chi connectivity index (χ1v) is 11.2. The molecule has 0 aliphatic heterocycles. The maximum Gasteiger partial charge on any atom is 1.00 e. The van der Waals surface area contributed by atoms with E-state index in [1.54, 1.807) is 6.07 Å². The molecule has 158 valence electrons. The molecule has 1 aromatic carbocycles. The van der Waals surface area contributed by atoms with E-state index in [4.69, 9.17) is 4.74 Å². The molecule has 0 aliphatic rings. The number of carbonyl (C=O) groups excluding carboxylic acids is 2. The van der Waals surface area contributed by atoms with Crippen LogP contribution in [0, 0.1) is 0 Å². The Balaban J connectivity index is 0.00000784. The molecule has 0 saturated heterocycles. The van der Waals surface area contributed by atoms with E-state index >= 15 is 0 Å². The minimum atomic E-state index is -4.78. The molecule has 0 aliphatic carbocycles. The molecule has 0 aromatic heterocycles. The maximum absolute atomic E-state index is 12.2. The first-order chi connectivity index (χ1) is 13.3. The standard InChI is InChI=1S/C20H30O7S.Na/c1-3-4-5-6-7-8-9-12-15-26-19(21)17-13-10-11-14-18(17)20(22)27-16(2)28(23,24)25;/h10-11,13-14,16H,3-9,12,15H2,1-2H3,(H,23,24,25);/q;+1/p-1. The summed E-state index contributed by atoms with van der Waals surface area (Å²) in [7, 11) is -4.78. The van der Waals surface area contributed by atoms with E-state index in [9.17, 15) is 22.6 Å². The molecule has 9 heteroatoms. The Morgan fingerprint density at radius 3 is 1.93 bits per heavy atom. The van der Waals surface area contributed by atoms with Crippen LogP contribution in [0.25, 0.3) is 0 Å². The second kappa shape index (κ2) is 15.0. The van der Waals surface area contributed by atoms with Crippen molar-refractivity contribution in [1.82, 2.24) is 0 Å². The molecule has 1 aromatic rings. The van der Waals surface area contributed by atoms with Crippen LogP contribution in [0.15, 0.2) is 24.3 Å². The molecular weight excluding hydrogens is 407 g/mol. The Hall–Kier alpha value is -0.930. The summed E-state index contributed by atoms with van der Waals surface area (Å²) in [6.07, 6.45) is 8.91. The summed E-state index contributed by atoms with van der Waals surface area (Å²) in [6.45, 7) is 3.38. The van der Waals surface area contributed by atoms with Crippen LogP contribution in [0.3, 0.4) is 0 Å². The summed E-state index contributed by atoms with van der Waals surface area (Å²) in [5, 5.41) is 0. The van der Waals surface area contributed by atoms with Gasteiger partial charge in [-0.15, -0.1) is 0 Å². The van der Waals surface area contributed by atoms with Crippen molar-refractivity contribution in [3.8, 4) is 0 Å². The Morgan fingerprint density at radius 2 is 1.41 bits per heavy atom. The molecule has 1 rings (SSSR count). The topological polar surface area (TPSA) is 110 Å². The monoisotopic (exact) mass is 436 g/mol. The zero-order chi connectivity index (χ0) is 21.0. The van der Waals surface area contributed by atoms with Crippen molar-refractivity contribution in [3.63, 3.8) is 0 Å². The number of benzene rings is 1. The van der Waals surface area contributed by atoms with Gasteiger partial charge in [0, 0.05) is 0 Å². The van der Waals surface area contributed by atoms with Gasteiger partial charge < -0.3 is 14.0 Å². The molecule has 0 saturated carbocycles. The summed E-state index contributed by atoms with van der Waals surface area (Å²) >= 11 is 0. The van der Waals surface area contributed by atoms with E-state index < -0.39 is 27.5 Å². The molecule has 0 fully saturated rings. The van der Waals surface area contributed by atoms with E-state index in [0.29, 0.717) is 0 Å². The molecule has 7 nitrogen and oxygen atoms in total. The first-order valence-electron chi connectivity index (χ1n) is 9.69. The molecule has 0 heterocycles. The molecule has 0 spiro atoms. The molecule has 29 heavy (non-hydrogen) atoms. The third-order valence-electron chi connectivity index (χ3n) is 4.28. The molecule has 0 bridgehead atoms. The van der Waals surface area contributed by atoms with Crippen molar-refractivity contribution < 1.29 is 61.6 Å². The Morgan fingerprint density at radius 1 is 0.931 bits per heavy atom. The van der Waals surface area contributed by atoms with Crippen LogP contribution in [0.2, 0.25) is 0 Å². The fourth-order valence-corrected chi connectivity index (χ4v) is 2.80. The van der Waals surface area contributed by atoms with E-state index in [0.717, 1.165) is 26.2 Å². The minimum absolute atomic E-state index is 0. The maximum atomic E-state index is 12.2. The van der Waals surface area contributed by atoms with Crippen LogP contribution in [0.5, 0.6) is 0 Å². The van der Waals surface area contributed by atoms with Gasteiger partial charge >= 0.3 is 41.5 Å². The predicted octanol–water partition coefficient (Wildman–Crippen LogP) is 1.04. The van der Waals surface area contributed by atoms with Gasteiger partial charge in [-0.1, -0.05) is 64.0 Å². The average molecular weight is 437 g/mol. The van der Waals surface area contributed by atoms with E-state index in [-0.39, 0.29) is 47.3 Å². The fraction of sp³-hybridized carbons (Fsp3) is 0.600. The van der Waals surface area contributed by atoms with Gasteiger partial charge in [-0.3, -0.25) is 0 Å². The van der Waals surface area contributed by atoms with Crippen molar-refractivity contribution in [2.24, 2.45) is 0 Å². The molecular formula is C20H29NaO7S. The Labute approximate surface area is 195 Å². The molecule has 0 radical (unpaired) electrons. The quantitative estimate of drug-likeness (QED) is 0.197. The van der Waals surface area contributed by atoms with E-state index in [1.165, 1.54) is 50.3 Å². The molecule has 0 N–H and O–H groups in total. The molecule has 1 unspecified atom stereocenters. The number of carbonyl (C=O) groups is 2. The molecule has 1 atom stereocenters. The van der Waals surface area contributed by atoms with E-state index in [1.807, 2.05) is 0 Å². The van der Waals surface area contributed by atoms with Gasteiger partial charge in [-0.25, -0.2) is 18.0 Å². The van der Waals surface area contributed by atoms with Gasteiger partial charge in [0.15, 0.2) is 5.44 Å². The normalized spacial score (nSPS) is 12.0. The average Bonchev–Trinajstić information content (AvgIpc) is 2.65. The van der Waals surface area contributed by atoms with Crippen LogP contribution in [0.4, 0.5) is 0 Å².